The largest absolute Gasteiger partial charge is 0.370 e. The Morgan fingerprint density at radius 1 is 1.21 bits per heavy atom. The summed E-state index contributed by atoms with van der Waals surface area (Å²) < 4.78 is 26.4. The average Bonchev–Trinajstić information content (AvgIpc) is 3.53. The van der Waals surface area contributed by atoms with Crippen LogP contribution in [0.15, 0.2) is 53.4 Å². The number of benzene rings is 2. The predicted molar refractivity (Wildman–Crippen MR) is 109 cm³/mol. The van der Waals surface area contributed by atoms with Gasteiger partial charge in [0.15, 0.2) is 0 Å². The summed E-state index contributed by atoms with van der Waals surface area (Å²) in [5, 5.41) is 2.85. The van der Waals surface area contributed by atoms with E-state index in [1.807, 2.05) is 44.3 Å². The second-order valence-electron chi connectivity index (χ2n) is 7.55. The summed E-state index contributed by atoms with van der Waals surface area (Å²) in [7, 11) is -1.92. The molecular formula is C21H23N3O4S. The Balaban J connectivity index is 1.47. The van der Waals surface area contributed by atoms with E-state index >= 15 is 0 Å². The van der Waals surface area contributed by atoms with Crippen LogP contribution in [0.1, 0.15) is 40.5 Å². The van der Waals surface area contributed by atoms with Crippen LogP contribution >= 0.6 is 0 Å². The Bertz CT molecular complexity index is 1060. The zero-order chi connectivity index (χ0) is 20.8. The number of nitrogens with zero attached hydrogens (tertiary/aromatic N) is 2. The van der Waals surface area contributed by atoms with Gasteiger partial charge in [-0.3, -0.25) is 9.59 Å². The Labute approximate surface area is 170 Å². The quantitative estimate of drug-likeness (QED) is 0.785. The summed E-state index contributed by atoms with van der Waals surface area (Å²) in [6.45, 7) is 2.38. The zero-order valence-electron chi connectivity index (χ0n) is 16.3. The molecule has 7 nitrogen and oxygen atoms in total. The number of likely N-dealkylation sites (N-methyl/N-ethyl adjacent to an activating group) is 1. The summed E-state index contributed by atoms with van der Waals surface area (Å²) in [5.74, 6) is -0.860. The zero-order valence-corrected chi connectivity index (χ0v) is 17.1. The molecule has 0 saturated heterocycles. The molecule has 1 N–H and O–H groups in total. The molecule has 1 heterocycles. The molecule has 0 radical (unpaired) electrons. The van der Waals surface area contributed by atoms with Gasteiger partial charge in [0.1, 0.15) is 4.90 Å². The van der Waals surface area contributed by atoms with Crippen LogP contribution in [0, 0.1) is 0 Å². The van der Waals surface area contributed by atoms with Crippen molar-refractivity contribution in [3.63, 3.8) is 0 Å². The maximum Gasteiger partial charge on any atom is 0.269 e. The fourth-order valence-corrected chi connectivity index (χ4v) is 5.30. The van der Waals surface area contributed by atoms with Crippen LogP contribution in [0.3, 0.4) is 0 Å². The lowest BCUT2D eigenvalue weighted by Crippen LogP contribution is -2.40. The molecule has 2 aromatic rings. The summed E-state index contributed by atoms with van der Waals surface area (Å²) >= 11 is 0. The molecule has 8 heteroatoms. The molecule has 1 aliphatic carbocycles. The number of rotatable bonds is 6. The van der Waals surface area contributed by atoms with E-state index in [1.165, 1.54) is 18.2 Å². The molecule has 0 spiro atoms. The minimum atomic E-state index is -3.87. The van der Waals surface area contributed by atoms with E-state index in [0.29, 0.717) is 19.4 Å². The van der Waals surface area contributed by atoms with Crippen molar-refractivity contribution in [1.82, 2.24) is 9.62 Å². The second kappa shape index (κ2) is 7.18. The third-order valence-corrected chi connectivity index (χ3v) is 7.35. The van der Waals surface area contributed by atoms with Gasteiger partial charge in [0, 0.05) is 36.9 Å². The molecule has 2 aromatic carbocycles. The highest BCUT2D eigenvalue weighted by Crippen LogP contribution is 2.39. The Kier molecular flexibility index (Phi) is 4.82. The number of hydrogen-bond donors (Lipinski definition) is 1. The van der Waals surface area contributed by atoms with Crippen molar-refractivity contribution < 1.29 is 18.0 Å². The first-order valence-corrected chi connectivity index (χ1v) is 11.0. The summed E-state index contributed by atoms with van der Waals surface area (Å²) in [4.78, 5) is 27.0. The molecule has 0 aromatic heterocycles. The Morgan fingerprint density at radius 2 is 1.90 bits per heavy atom. The number of para-hydroxylation sites is 1. The standard InChI is InChI=1S/C21H23N3O4S/c1-14(23(2)16-6-4-3-5-7-16)13-22-20(25)15-8-11-18-19(12-15)29(27,28)24(21(18)26)17-9-10-17/h3-8,11-12,14,17H,9-10,13H2,1-2H3,(H,22,25). The van der Waals surface area contributed by atoms with Crippen molar-refractivity contribution in [2.45, 2.75) is 36.7 Å². The fraction of sp³-hybridized carbons (Fsp3) is 0.333. The number of fused-ring (bicyclic) bond motifs is 1. The Morgan fingerprint density at radius 3 is 2.55 bits per heavy atom. The van der Waals surface area contributed by atoms with Crippen LogP contribution in [0.5, 0.6) is 0 Å². The lowest BCUT2D eigenvalue weighted by molar-refractivity contribution is 0.0863. The number of hydrogen-bond acceptors (Lipinski definition) is 5. The number of carbonyl (C=O) groups is 2. The van der Waals surface area contributed by atoms with E-state index in [0.717, 1.165) is 9.99 Å². The molecule has 1 atom stereocenters. The van der Waals surface area contributed by atoms with Crippen molar-refractivity contribution in [3.05, 3.63) is 59.7 Å². The van der Waals surface area contributed by atoms with Gasteiger partial charge in [0.05, 0.1) is 5.56 Å². The monoisotopic (exact) mass is 413 g/mol. The number of anilines is 1. The minimum absolute atomic E-state index is 0.0337. The average molecular weight is 413 g/mol. The molecule has 1 unspecified atom stereocenters. The molecule has 1 fully saturated rings. The summed E-state index contributed by atoms with van der Waals surface area (Å²) in [5.41, 5.74) is 1.41. The van der Waals surface area contributed by atoms with Gasteiger partial charge in [-0.15, -0.1) is 0 Å². The molecular weight excluding hydrogens is 390 g/mol. The van der Waals surface area contributed by atoms with Crippen molar-refractivity contribution in [1.29, 1.82) is 0 Å². The highest BCUT2D eigenvalue weighted by Gasteiger charge is 2.48. The number of carbonyl (C=O) groups excluding carboxylic acids is 2. The maximum absolute atomic E-state index is 12.7. The van der Waals surface area contributed by atoms with Crippen molar-refractivity contribution in [2.24, 2.45) is 0 Å². The van der Waals surface area contributed by atoms with Crippen molar-refractivity contribution in [3.8, 4) is 0 Å². The molecule has 2 aliphatic rings. The topological polar surface area (TPSA) is 86.8 Å². The summed E-state index contributed by atoms with van der Waals surface area (Å²) in [6.07, 6.45) is 1.39. The van der Waals surface area contributed by atoms with Crippen LogP contribution in [0.2, 0.25) is 0 Å². The highest BCUT2D eigenvalue weighted by molar-refractivity contribution is 7.90. The van der Waals surface area contributed by atoms with Gasteiger partial charge in [-0.05, 0) is 50.1 Å². The lowest BCUT2D eigenvalue weighted by atomic mass is 10.1. The van der Waals surface area contributed by atoms with Crippen molar-refractivity contribution in [2.75, 3.05) is 18.5 Å². The molecule has 0 bridgehead atoms. The van der Waals surface area contributed by atoms with E-state index in [9.17, 15) is 18.0 Å². The third kappa shape index (κ3) is 3.48. The smallest absolute Gasteiger partial charge is 0.269 e. The molecule has 2 amide bonds. The molecule has 1 aliphatic heterocycles. The first kappa shape index (κ1) is 19.4. The number of sulfonamides is 1. The molecule has 29 heavy (non-hydrogen) atoms. The van der Waals surface area contributed by atoms with Gasteiger partial charge < -0.3 is 10.2 Å². The molecule has 4 rings (SSSR count). The van der Waals surface area contributed by atoms with Crippen LogP contribution in [0.25, 0.3) is 0 Å². The first-order valence-electron chi connectivity index (χ1n) is 9.59. The molecule has 152 valence electrons. The lowest BCUT2D eigenvalue weighted by Gasteiger charge is -2.27. The van der Waals surface area contributed by atoms with E-state index in [1.54, 1.807) is 0 Å². The fourth-order valence-electron chi connectivity index (χ4n) is 3.46. The maximum atomic E-state index is 12.7. The normalized spacial score (nSPS) is 18.3. The third-order valence-electron chi connectivity index (χ3n) is 5.47. The SMILES string of the molecule is CC(CNC(=O)c1ccc2c(c1)S(=O)(=O)N(C1CC1)C2=O)N(C)c1ccccc1. The molecule has 1 saturated carbocycles. The number of amides is 2. The van der Waals surface area contributed by atoms with Crippen LogP contribution in [-0.2, 0) is 10.0 Å². The van der Waals surface area contributed by atoms with Crippen LogP contribution in [0.4, 0.5) is 5.69 Å². The van der Waals surface area contributed by atoms with Gasteiger partial charge in [-0.25, -0.2) is 12.7 Å². The summed E-state index contributed by atoms with van der Waals surface area (Å²) in [6, 6.07) is 13.9. The minimum Gasteiger partial charge on any atom is -0.370 e. The highest BCUT2D eigenvalue weighted by atomic mass is 32.2. The van der Waals surface area contributed by atoms with Gasteiger partial charge in [-0.2, -0.15) is 0 Å². The van der Waals surface area contributed by atoms with E-state index in [4.69, 9.17) is 0 Å². The van der Waals surface area contributed by atoms with Gasteiger partial charge in [-0.1, -0.05) is 18.2 Å². The van der Waals surface area contributed by atoms with E-state index in [2.05, 4.69) is 10.2 Å². The van der Waals surface area contributed by atoms with Gasteiger partial charge in [0.25, 0.3) is 21.8 Å². The van der Waals surface area contributed by atoms with Gasteiger partial charge in [0.2, 0.25) is 0 Å². The van der Waals surface area contributed by atoms with Crippen molar-refractivity contribution >= 4 is 27.5 Å². The van der Waals surface area contributed by atoms with E-state index in [-0.39, 0.29) is 34.0 Å². The van der Waals surface area contributed by atoms with Crippen LogP contribution in [-0.4, -0.2) is 50.2 Å². The predicted octanol–water partition coefficient (Wildman–Crippen LogP) is 2.25. The second-order valence-corrected chi connectivity index (χ2v) is 9.34. The number of nitrogens with one attached hydrogen (secondary N) is 1. The van der Waals surface area contributed by atoms with Crippen LogP contribution < -0.4 is 10.2 Å². The Hall–Kier alpha value is -2.87. The van der Waals surface area contributed by atoms with Gasteiger partial charge >= 0.3 is 0 Å². The van der Waals surface area contributed by atoms with E-state index < -0.39 is 15.9 Å². The first-order chi connectivity index (χ1) is 13.8.